The maximum absolute atomic E-state index is 13.4. The molecule has 10 heteroatoms. The van der Waals surface area contributed by atoms with Gasteiger partial charge in [0.25, 0.3) is 5.69 Å². The van der Waals surface area contributed by atoms with Crippen LogP contribution in [0.3, 0.4) is 0 Å². The van der Waals surface area contributed by atoms with Crippen molar-refractivity contribution in [2.24, 2.45) is 0 Å². The predicted molar refractivity (Wildman–Crippen MR) is 129 cm³/mol. The number of hydrogen-bond donors (Lipinski definition) is 1. The molecule has 4 rings (SSSR count). The molecule has 0 amide bonds. The number of halogens is 3. The number of aryl methyl sites for hydroxylation is 2. The normalized spacial score (nSPS) is 15.2. The van der Waals surface area contributed by atoms with Crippen molar-refractivity contribution in [1.29, 1.82) is 0 Å². The van der Waals surface area contributed by atoms with E-state index in [-0.39, 0.29) is 5.56 Å². The van der Waals surface area contributed by atoms with Crippen LogP contribution in [0.4, 0.5) is 24.7 Å². The fourth-order valence-electron chi connectivity index (χ4n) is 4.07. The van der Waals surface area contributed by atoms with Crippen molar-refractivity contribution in [2.75, 3.05) is 16.8 Å². The largest absolute Gasteiger partial charge is 0.416 e. The molecular formula is C24H23F3N4O2S. The number of fused-ring (bicyclic) bond motifs is 1. The zero-order valence-corrected chi connectivity index (χ0v) is 19.7. The summed E-state index contributed by atoms with van der Waals surface area (Å²) < 4.78 is 40.1. The Labute approximate surface area is 198 Å². The third kappa shape index (κ3) is 5.01. The maximum Gasteiger partial charge on any atom is 0.416 e. The second-order valence-electron chi connectivity index (χ2n) is 8.29. The van der Waals surface area contributed by atoms with Crippen LogP contribution in [0.1, 0.15) is 47.5 Å². The Morgan fingerprint density at radius 2 is 1.91 bits per heavy atom. The van der Waals surface area contributed by atoms with Crippen molar-refractivity contribution in [3.8, 4) is 0 Å². The lowest BCUT2D eigenvalue weighted by atomic mass is 9.96. The first-order valence-corrected chi connectivity index (χ1v) is 11.9. The number of benzene rings is 2. The van der Waals surface area contributed by atoms with Crippen molar-refractivity contribution in [1.82, 2.24) is 9.97 Å². The quantitative estimate of drug-likeness (QED) is 0.312. The minimum atomic E-state index is -4.70. The number of nitrogens with zero attached hydrogens (tertiary/aromatic N) is 3. The summed E-state index contributed by atoms with van der Waals surface area (Å²) in [5.74, 6) is 2.98. The summed E-state index contributed by atoms with van der Waals surface area (Å²) in [7, 11) is 0. The highest BCUT2D eigenvalue weighted by Gasteiger charge is 2.33. The number of hydrogen-bond acceptors (Lipinski definition) is 6. The van der Waals surface area contributed by atoms with E-state index in [4.69, 9.17) is 0 Å². The van der Waals surface area contributed by atoms with E-state index < -0.39 is 28.4 Å². The monoisotopic (exact) mass is 488 g/mol. The highest BCUT2D eigenvalue weighted by atomic mass is 32.2. The standard InChI is InChI=1S/C24H23F3N4O2S/c1-13-8-22-21(12-20(13)16-4-6-34-7-5-16)23(30-15(3)29-22)28-14(2)17-9-18(24(25,26)27)11-19(10-17)31(32)33/h4,8-12,14H,5-7H2,1-3H3,(H,28,29,30)/t14-/m1/s1. The maximum atomic E-state index is 13.4. The van der Waals surface area contributed by atoms with Gasteiger partial charge in [0, 0.05) is 23.3 Å². The molecule has 1 N–H and O–H groups in total. The summed E-state index contributed by atoms with van der Waals surface area (Å²) >= 11 is 1.88. The van der Waals surface area contributed by atoms with Crippen molar-refractivity contribution in [3.63, 3.8) is 0 Å². The second kappa shape index (κ2) is 9.25. The molecule has 0 saturated heterocycles. The van der Waals surface area contributed by atoms with Gasteiger partial charge in [-0.05, 0) is 73.4 Å². The van der Waals surface area contributed by atoms with Gasteiger partial charge in [-0.25, -0.2) is 9.97 Å². The lowest BCUT2D eigenvalue weighted by Gasteiger charge is -2.20. The van der Waals surface area contributed by atoms with E-state index in [0.29, 0.717) is 17.7 Å². The van der Waals surface area contributed by atoms with Crippen molar-refractivity contribution in [3.05, 3.63) is 74.6 Å². The highest BCUT2D eigenvalue weighted by molar-refractivity contribution is 7.99. The lowest BCUT2D eigenvalue weighted by Crippen LogP contribution is -2.13. The number of nitro groups is 1. The van der Waals surface area contributed by atoms with E-state index in [1.165, 1.54) is 5.57 Å². The van der Waals surface area contributed by atoms with Crippen LogP contribution in [0.15, 0.2) is 36.4 Å². The molecule has 1 aromatic heterocycles. The van der Waals surface area contributed by atoms with Crippen LogP contribution in [0.25, 0.3) is 16.5 Å². The van der Waals surface area contributed by atoms with E-state index >= 15 is 0 Å². The number of non-ortho nitro benzene ring substituents is 1. The average molecular weight is 489 g/mol. The average Bonchev–Trinajstić information content (AvgIpc) is 2.78. The molecule has 178 valence electrons. The molecule has 0 unspecified atom stereocenters. The molecule has 2 heterocycles. The lowest BCUT2D eigenvalue weighted by molar-refractivity contribution is -0.385. The number of anilines is 1. The van der Waals surface area contributed by atoms with Crippen molar-refractivity contribution in [2.45, 2.75) is 39.4 Å². The van der Waals surface area contributed by atoms with Crippen LogP contribution in [0.2, 0.25) is 0 Å². The second-order valence-corrected chi connectivity index (χ2v) is 9.44. The Balaban J connectivity index is 1.78. The first-order valence-electron chi connectivity index (χ1n) is 10.7. The van der Waals surface area contributed by atoms with Crippen LogP contribution >= 0.6 is 11.8 Å². The van der Waals surface area contributed by atoms with Crippen molar-refractivity contribution < 1.29 is 18.1 Å². The number of alkyl halides is 3. The van der Waals surface area contributed by atoms with E-state index in [0.717, 1.165) is 52.1 Å². The predicted octanol–water partition coefficient (Wildman–Crippen LogP) is 6.87. The SMILES string of the molecule is Cc1nc(N[C@H](C)c2cc([N+](=O)[O-])cc(C(F)(F)F)c2)c2cc(C3=CCSCC3)c(C)cc2n1. The Kier molecular flexibility index (Phi) is 6.53. The van der Waals surface area contributed by atoms with Gasteiger partial charge >= 0.3 is 6.18 Å². The van der Waals surface area contributed by atoms with Crippen LogP contribution in [0, 0.1) is 24.0 Å². The fraction of sp³-hybridized carbons (Fsp3) is 0.333. The molecule has 1 aliphatic rings. The Morgan fingerprint density at radius 1 is 1.15 bits per heavy atom. The topological polar surface area (TPSA) is 81.0 Å². The first-order chi connectivity index (χ1) is 16.0. The molecule has 34 heavy (non-hydrogen) atoms. The summed E-state index contributed by atoms with van der Waals surface area (Å²) in [4.78, 5) is 19.5. The summed E-state index contributed by atoms with van der Waals surface area (Å²) in [5, 5.41) is 15.2. The Morgan fingerprint density at radius 3 is 2.56 bits per heavy atom. The number of nitrogens with one attached hydrogen (secondary N) is 1. The summed E-state index contributed by atoms with van der Waals surface area (Å²) in [6, 6.07) is 5.98. The molecule has 0 spiro atoms. The van der Waals surface area contributed by atoms with Gasteiger partial charge < -0.3 is 5.32 Å². The fourth-order valence-corrected chi connectivity index (χ4v) is 4.92. The Hall–Kier alpha value is -3.14. The number of nitro benzene ring substituents is 1. The van der Waals surface area contributed by atoms with Gasteiger partial charge in [0.05, 0.1) is 22.0 Å². The van der Waals surface area contributed by atoms with Crippen LogP contribution in [-0.2, 0) is 6.18 Å². The van der Waals surface area contributed by atoms with Crippen LogP contribution in [0.5, 0.6) is 0 Å². The van der Waals surface area contributed by atoms with Gasteiger partial charge in [-0.15, -0.1) is 0 Å². The molecule has 2 aromatic carbocycles. The Bertz CT molecular complexity index is 1310. The molecule has 3 aromatic rings. The molecule has 0 fully saturated rings. The van der Waals surface area contributed by atoms with Gasteiger partial charge in [0.2, 0.25) is 0 Å². The molecule has 0 radical (unpaired) electrons. The van der Waals surface area contributed by atoms with Gasteiger partial charge in [-0.2, -0.15) is 24.9 Å². The first kappa shape index (κ1) is 24.0. The molecule has 1 atom stereocenters. The third-order valence-corrected chi connectivity index (χ3v) is 6.69. The van der Waals surface area contributed by atoms with E-state index in [1.807, 2.05) is 30.8 Å². The molecule has 0 aliphatic carbocycles. The zero-order valence-electron chi connectivity index (χ0n) is 18.9. The van der Waals surface area contributed by atoms with Crippen molar-refractivity contribution >= 4 is 39.7 Å². The van der Waals surface area contributed by atoms with Gasteiger partial charge in [-0.3, -0.25) is 10.1 Å². The van der Waals surface area contributed by atoms with Gasteiger partial charge in [0.1, 0.15) is 11.6 Å². The van der Waals surface area contributed by atoms with Gasteiger partial charge in [0.15, 0.2) is 0 Å². The van der Waals surface area contributed by atoms with Gasteiger partial charge in [-0.1, -0.05) is 6.08 Å². The summed E-state index contributed by atoms with van der Waals surface area (Å²) in [6.45, 7) is 5.43. The van der Waals surface area contributed by atoms with Crippen LogP contribution in [-0.4, -0.2) is 26.4 Å². The molecular weight excluding hydrogens is 465 g/mol. The number of rotatable bonds is 5. The van der Waals surface area contributed by atoms with Crippen LogP contribution < -0.4 is 5.32 Å². The zero-order chi connectivity index (χ0) is 24.6. The molecule has 1 aliphatic heterocycles. The smallest absolute Gasteiger partial charge is 0.363 e. The number of thioether (sulfide) groups is 1. The summed E-state index contributed by atoms with van der Waals surface area (Å²) in [5.41, 5.74) is 2.65. The minimum Gasteiger partial charge on any atom is -0.363 e. The third-order valence-electron chi connectivity index (χ3n) is 5.79. The molecule has 0 saturated carbocycles. The minimum absolute atomic E-state index is 0.144. The highest BCUT2D eigenvalue weighted by Crippen LogP contribution is 2.36. The molecule has 0 bridgehead atoms. The number of aromatic nitrogens is 2. The summed E-state index contributed by atoms with van der Waals surface area (Å²) in [6.07, 6.45) is -1.53. The van der Waals surface area contributed by atoms with E-state index in [2.05, 4.69) is 21.4 Å². The van der Waals surface area contributed by atoms with E-state index in [1.54, 1.807) is 13.8 Å². The number of allylic oxidation sites excluding steroid dienone is 1. The molecule has 6 nitrogen and oxygen atoms in total. The van der Waals surface area contributed by atoms with E-state index in [9.17, 15) is 23.3 Å².